The molecule has 1 aromatic carbocycles. The molecule has 0 radical (unpaired) electrons. The van der Waals surface area contributed by atoms with E-state index < -0.39 is 0 Å². The molecule has 3 heterocycles. The molecule has 1 saturated carbocycles. The van der Waals surface area contributed by atoms with Gasteiger partial charge in [-0.2, -0.15) is 5.10 Å². The fourth-order valence-corrected chi connectivity index (χ4v) is 6.34. The Morgan fingerprint density at radius 3 is 2.48 bits per heavy atom. The number of rotatable bonds is 3. The van der Waals surface area contributed by atoms with Crippen molar-refractivity contribution in [2.24, 2.45) is 5.41 Å². The Balaban J connectivity index is 1.38. The Morgan fingerprint density at radius 2 is 1.82 bits per heavy atom. The molecule has 3 atom stereocenters. The molecule has 3 aliphatic rings. The van der Waals surface area contributed by atoms with E-state index in [1.807, 2.05) is 16.8 Å². The standard InChI is InChI=1S/C27H37ClN4O/c1-26(2,3)32-15-11-22(30-32)21-17-23(29-24(21)19-7-9-20(28)10-8-19)25(33)31-16-14-27(18-31)12-5-4-6-13-27/h7-11,15,21,23-24,29H,4-6,12-14,16-18H2,1-3H3/t21?,23-,24-/m0/s1. The van der Waals surface area contributed by atoms with Gasteiger partial charge < -0.3 is 4.90 Å². The maximum atomic E-state index is 13.7. The van der Waals surface area contributed by atoms with Crippen molar-refractivity contribution in [3.05, 3.63) is 52.8 Å². The highest BCUT2D eigenvalue weighted by Gasteiger charge is 2.45. The zero-order chi connectivity index (χ0) is 23.2. The molecular formula is C27H37ClN4O. The van der Waals surface area contributed by atoms with Crippen LogP contribution in [0, 0.1) is 5.41 Å². The number of carbonyl (C=O) groups excluding carboxylic acids is 1. The maximum Gasteiger partial charge on any atom is 0.239 e. The summed E-state index contributed by atoms with van der Waals surface area (Å²) in [6.07, 6.45) is 10.6. The van der Waals surface area contributed by atoms with Crippen LogP contribution in [0.15, 0.2) is 36.5 Å². The highest BCUT2D eigenvalue weighted by molar-refractivity contribution is 6.30. The van der Waals surface area contributed by atoms with Gasteiger partial charge in [-0.05, 0) is 75.6 Å². The first-order valence-corrected chi connectivity index (χ1v) is 13.0. The smallest absolute Gasteiger partial charge is 0.239 e. The second kappa shape index (κ2) is 8.74. The van der Waals surface area contributed by atoms with Gasteiger partial charge in [-0.1, -0.05) is 43.0 Å². The van der Waals surface area contributed by atoms with Crippen LogP contribution >= 0.6 is 11.6 Å². The van der Waals surface area contributed by atoms with Gasteiger partial charge in [0.2, 0.25) is 5.91 Å². The fraction of sp³-hybridized carbons (Fsp3) is 0.630. The third kappa shape index (κ3) is 4.59. The van der Waals surface area contributed by atoms with E-state index in [0.29, 0.717) is 5.41 Å². The third-order valence-corrected chi connectivity index (χ3v) is 8.39. The van der Waals surface area contributed by atoms with E-state index >= 15 is 0 Å². The number of nitrogens with zero attached hydrogens (tertiary/aromatic N) is 3. The number of hydrogen-bond donors (Lipinski definition) is 1. The van der Waals surface area contributed by atoms with Gasteiger partial charge in [0.15, 0.2) is 0 Å². The van der Waals surface area contributed by atoms with Crippen molar-refractivity contribution in [1.82, 2.24) is 20.0 Å². The first-order valence-electron chi connectivity index (χ1n) is 12.6. The molecule has 5 nitrogen and oxygen atoms in total. The molecular weight excluding hydrogens is 432 g/mol. The van der Waals surface area contributed by atoms with Gasteiger partial charge in [0.05, 0.1) is 17.3 Å². The van der Waals surface area contributed by atoms with Crippen LogP contribution in [0.4, 0.5) is 0 Å². The minimum atomic E-state index is -0.172. The quantitative estimate of drug-likeness (QED) is 0.632. The normalized spacial score (nSPS) is 27.4. The highest BCUT2D eigenvalue weighted by Crippen LogP contribution is 2.45. The van der Waals surface area contributed by atoms with Gasteiger partial charge in [-0.3, -0.25) is 14.8 Å². The van der Waals surface area contributed by atoms with Gasteiger partial charge in [0, 0.05) is 36.3 Å². The SMILES string of the molecule is CC(C)(C)n1ccc(C2C[C@@H](C(=O)N3CCC4(CCCCC4)C3)N[C@H]2c2ccc(Cl)cc2)n1. The molecule has 178 valence electrons. The Morgan fingerprint density at radius 1 is 1.09 bits per heavy atom. The van der Waals surface area contributed by atoms with E-state index in [1.165, 1.54) is 38.5 Å². The Bertz CT molecular complexity index is 986. The van der Waals surface area contributed by atoms with E-state index in [9.17, 15) is 4.79 Å². The van der Waals surface area contributed by atoms with Crippen molar-refractivity contribution in [3.8, 4) is 0 Å². The number of benzene rings is 1. The number of amides is 1. The minimum Gasteiger partial charge on any atom is -0.341 e. The monoisotopic (exact) mass is 468 g/mol. The van der Waals surface area contributed by atoms with E-state index in [-0.39, 0.29) is 29.4 Å². The van der Waals surface area contributed by atoms with Crippen molar-refractivity contribution in [2.45, 2.75) is 89.3 Å². The number of aromatic nitrogens is 2. The maximum absolute atomic E-state index is 13.7. The van der Waals surface area contributed by atoms with Crippen LogP contribution in [0.3, 0.4) is 0 Å². The van der Waals surface area contributed by atoms with Gasteiger partial charge >= 0.3 is 0 Å². The number of nitrogens with one attached hydrogen (secondary N) is 1. The van der Waals surface area contributed by atoms with Crippen LogP contribution in [-0.4, -0.2) is 39.7 Å². The van der Waals surface area contributed by atoms with E-state index in [0.717, 1.165) is 35.8 Å². The Kier molecular flexibility index (Phi) is 6.07. The molecule has 33 heavy (non-hydrogen) atoms. The van der Waals surface area contributed by atoms with Crippen molar-refractivity contribution < 1.29 is 4.79 Å². The number of hydrogen-bond acceptors (Lipinski definition) is 3. The van der Waals surface area contributed by atoms with Crippen molar-refractivity contribution >= 4 is 17.5 Å². The molecule has 2 saturated heterocycles. The van der Waals surface area contributed by atoms with Crippen LogP contribution in [0.2, 0.25) is 5.02 Å². The van der Waals surface area contributed by atoms with Gasteiger partial charge in [-0.15, -0.1) is 0 Å². The molecule has 3 fully saturated rings. The number of halogens is 1. The van der Waals surface area contributed by atoms with Crippen LogP contribution < -0.4 is 5.32 Å². The van der Waals surface area contributed by atoms with Crippen LogP contribution in [-0.2, 0) is 10.3 Å². The average Bonchev–Trinajstić information content (AvgIpc) is 3.52. The summed E-state index contributed by atoms with van der Waals surface area (Å²) in [5.74, 6) is 0.420. The molecule has 2 aliphatic heterocycles. The molecule has 5 rings (SSSR count). The van der Waals surface area contributed by atoms with Crippen molar-refractivity contribution in [2.75, 3.05) is 13.1 Å². The lowest BCUT2D eigenvalue weighted by molar-refractivity contribution is -0.132. The zero-order valence-corrected chi connectivity index (χ0v) is 20.9. The molecule has 6 heteroatoms. The summed E-state index contributed by atoms with van der Waals surface area (Å²) in [7, 11) is 0. The first kappa shape index (κ1) is 22.9. The van der Waals surface area contributed by atoms with Crippen molar-refractivity contribution in [1.29, 1.82) is 0 Å². The van der Waals surface area contributed by atoms with E-state index in [4.69, 9.17) is 16.7 Å². The van der Waals surface area contributed by atoms with Crippen LogP contribution in [0.1, 0.15) is 88.9 Å². The fourth-order valence-electron chi connectivity index (χ4n) is 6.22. The second-order valence-electron chi connectivity index (χ2n) is 11.5. The number of carbonyl (C=O) groups is 1. The lowest BCUT2D eigenvalue weighted by Gasteiger charge is -2.33. The molecule has 1 spiro atoms. The van der Waals surface area contributed by atoms with Gasteiger partial charge in [0.25, 0.3) is 0 Å². The summed E-state index contributed by atoms with van der Waals surface area (Å²) < 4.78 is 2.03. The molecule has 1 unspecified atom stereocenters. The van der Waals surface area contributed by atoms with Gasteiger partial charge in [-0.25, -0.2) is 0 Å². The molecule has 0 bridgehead atoms. The van der Waals surface area contributed by atoms with Crippen molar-refractivity contribution in [3.63, 3.8) is 0 Å². The summed E-state index contributed by atoms with van der Waals surface area (Å²) in [4.78, 5) is 15.8. The largest absolute Gasteiger partial charge is 0.341 e. The summed E-state index contributed by atoms with van der Waals surface area (Å²) >= 11 is 6.16. The zero-order valence-electron chi connectivity index (χ0n) is 20.2. The first-order chi connectivity index (χ1) is 15.7. The molecule has 1 N–H and O–H groups in total. The Hall–Kier alpha value is -1.85. The van der Waals surface area contributed by atoms with E-state index in [1.54, 1.807) is 0 Å². The predicted molar refractivity (Wildman–Crippen MR) is 132 cm³/mol. The lowest BCUT2D eigenvalue weighted by atomic mass is 9.73. The predicted octanol–water partition coefficient (Wildman–Crippen LogP) is 5.66. The summed E-state index contributed by atoms with van der Waals surface area (Å²) in [5.41, 5.74) is 2.53. The Labute approximate surface area is 202 Å². The minimum absolute atomic E-state index is 0.0470. The molecule has 1 aliphatic carbocycles. The lowest BCUT2D eigenvalue weighted by Crippen LogP contribution is -2.44. The summed E-state index contributed by atoms with van der Waals surface area (Å²) in [6, 6.07) is 10.0. The third-order valence-electron chi connectivity index (χ3n) is 8.14. The average molecular weight is 469 g/mol. The highest BCUT2D eigenvalue weighted by atomic mass is 35.5. The molecule has 1 aromatic heterocycles. The summed E-state index contributed by atoms with van der Waals surface area (Å²) in [6.45, 7) is 8.33. The summed E-state index contributed by atoms with van der Waals surface area (Å²) in [5, 5.41) is 9.38. The second-order valence-corrected chi connectivity index (χ2v) is 12.0. The molecule has 2 aromatic rings. The molecule has 1 amide bonds. The van der Waals surface area contributed by atoms with E-state index in [2.05, 4.69) is 55.4 Å². The topological polar surface area (TPSA) is 50.2 Å². The van der Waals surface area contributed by atoms with Gasteiger partial charge in [0.1, 0.15) is 0 Å². The van der Waals surface area contributed by atoms with Crippen LogP contribution in [0.5, 0.6) is 0 Å². The van der Waals surface area contributed by atoms with Crippen LogP contribution in [0.25, 0.3) is 0 Å². The number of likely N-dealkylation sites (tertiary alicyclic amines) is 1.